The van der Waals surface area contributed by atoms with E-state index < -0.39 is 6.10 Å². The van der Waals surface area contributed by atoms with E-state index in [2.05, 4.69) is 10.2 Å². The van der Waals surface area contributed by atoms with E-state index in [-0.39, 0.29) is 12.5 Å². The number of nitrogens with one attached hydrogen (secondary N) is 1. The van der Waals surface area contributed by atoms with Crippen molar-refractivity contribution in [1.29, 1.82) is 0 Å². The Labute approximate surface area is 119 Å². The Kier molecular flexibility index (Phi) is 5.38. The van der Waals surface area contributed by atoms with E-state index >= 15 is 0 Å². The molecule has 0 saturated carbocycles. The van der Waals surface area contributed by atoms with Crippen molar-refractivity contribution in [2.24, 2.45) is 0 Å². The van der Waals surface area contributed by atoms with E-state index in [0.29, 0.717) is 12.3 Å². The largest absolute Gasteiger partial charge is 0.491 e. The maximum atomic E-state index is 10.9. The van der Waals surface area contributed by atoms with Gasteiger partial charge in [0.1, 0.15) is 18.5 Å². The molecule has 0 aliphatic carbocycles. The second-order valence-corrected chi connectivity index (χ2v) is 5.18. The van der Waals surface area contributed by atoms with Crippen LogP contribution < -0.4 is 10.1 Å². The van der Waals surface area contributed by atoms with Crippen molar-refractivity contribution >= 4 is 11.6 Å². The number of benzene rings is 1. The number of hydrogen-bond donors (Lipinski definition) is 2. The fourth-order valence-corrected chi connectivity index (χ4v) is 2.35. The van der Waals surface area contributed by atoms with Crippen molar-refractivity contribution in [3.8, 4) is 5.75 Å². The number of carbonyl (C=O) groups is 1. The lowest BCUT2D eigenvalue weighted by Gasteiger charge is -2.19. The van der Waals surface area contributed by atoms with E-state index in [1.165, 1.54) is 19.8 Å². The molecule has 0 spiro atoms. The topological polar surface area (TPSA) is 61.8 Å². The summed E-state index contributed by atoms with van der Waals surface area (Å²) >= 11 is 0. The average Bonchev–Trinajstić information content (AvgIpc) is 2.90. The van der Waals surface area contributed by atoms with Crippen LogP contribution in [-0.2, 0) is 4.79 Å². The summed E-state index contributed by atoms with van der Waals surface area (Å²) in [6, 6.07) is 7.13. The second kappa shape index (κ2) is 7.26. The molecule has 5 nitrogen and oxygen atoms in total. The molecule has 1 aromatic rings. The first kappa shape index (κ1) is 14.8. The van der Waals surface area contributed by atoms with E-state index in [0.717, 1.165) is 18.8 Å². The number of rotatable bonds is 6. The SMILES string of the molecule is CC(=O)Nc1ccc(OCC(O)CN2CCCC2)cc1. The van der Waals surface area contributed by atoms with Crippen LogP contribution in [0.4, 0.5) is 5.69 Å². The molecule has 1 unspecified atom stereocenters. The van der Waals surface area contributed by atoms with Crippen molar-refractivity contribution in [3.63, 3.8) is 0 Å². The minimum absolute atomic E-state index is 0.0975. The zero-order valence-electron chi connectivity index (χ0n) is 11.8. The molecule has 1 fully saturated rings. The molecule has 2 N–H and O–H groups in total. The average molecular weight is 278 g/mol. The maximum absolute atomic E-state index is 10.9. The number of carbonyl (C=O) groups excluding carboxylic acids is 1. The summed E-state index contributed by atoms with van der Waals surface area (Å²) in [7, 11) is 0. The number of amides is 1. The van der Waals surface area contributed by atoms with Crippen LogP contribution in [0.3, 0.4) is 0 Å². The molecule has 1 aliphatic heterocycles. The molecule has 0 aromatic heterocycles. The molecule has 1 aliphatic rings. The van der Waals surface area contributed by atoms with Crippen LogP contribution in [-0.4, -0.2) is 48.3 Å². The Morgan fingerprint density at radius 3 is 2.60 bits per heavy atom. The summed E-state index contributed by atoms with van der Waals surface area (Å²) in [6.07, 6.45) is 1.97. The number of β-amino-alcohol motifs (C(OH)–C–C–N with tert-alkyl or cyclic N) is 1. The molecule has 110 valence electrons. The van der Waals surface area contributed by atoms with Gasteiger partial charge in [-0.05, 0) is 50.2 Å². The van der Waals surface area contributed by atoms with Gasteiger partial charge in [0, 0.05) is 19.2 Å². The van der Waals surface area contributed by atoms with Gasteiger partial charge in [0.25, 0.3) is 0 Å². The number of ether oxygens (including phenoxy) is 1. The molecule has 0 radical (unpaired) electrons. The van der Waals surface area contributed by atoms with Crippen molar-refractivity contribution in [1.82, 2.24) is 4.90 Å². The summed E-state index contributed by atoms with van der Waals surface area (Å²) in [5.74, 6) is 0.597. The van der Waals surface area contributed by atoms with Crippen LogP contribution in [0, 0.1) is 0 Å². The lowest BCUT2D eigenvalue weighted by molar-refractivity contribution is -0.114. The monoisotopic (exact) mass is 278 g/mol. The number of aliphatic hydroxyl groups is 1. The van der Waals surface area contributed by atoms with Gasteiger partial charge in [-0.15, -0.1) is 0 Å². The van der Waals surface area contributed by atoms with Crippen molar-refractivity contribution in [2.75, 3.05) is 31.6 Å². The first-order valence-corrected chi connectivity index (χ1v) is 7.04. The Bertz CT molecular complexity index is 427. The molecule has 1 aromatic carbocycles. The quantitative estimate of drug-likeness (QED) is 0.827. The highest BCUT2D eigenvalue weighted by Gasteiger charge is 2.16. The van der Waals surface area contributed by atoms with Gasteiger partial charge in [0.05, 0.1) is 0 Å². The van der Waals surface area contributed by atoms with Crippen molar-refractivity contribution in [2.45, 2.75) is 25.9 Å². The van der Waals surface area contributed by atoms with Gasteiger partial charge in [-0.3, -0.25) is 4.79 Å². The van der Waals surface area contributed by atoms with E-state index in [1.807, 2.05) is 0 Å². The summed E-state index contributed by atoms with van der Waals surface area (Å²) in [5, 5.41) is 12.6. The third kappa shape index (κ3) is 4.83. The number of aliphatic hydroxyl groups excluding tert-OH is 1. The minimum atomic E-state index is -0.469. The van der Waals surface area contributed by atoms with Gasteiger partial charge >= 0.3 is 0 Å². The molecular weight excluding hydrogens is 256 g/mol. The third-order valence-corrected chi connectivity index (χ3v) is 3.28. The summed E-state index contributed by atoms with van der Waals surface area (Å²) in [6.45, 7) is 4.57. The second-order valence-electron chi connectivity index (χ2n) is 5.18. The number of likely N-dealkylation sites (tertiary alicyclic amines) is 1. The van der Waals surface area contributed by atoms with Gasteiger partial charge in [0.2, 0.25) is 5.91 Å². The fraction of sp³-hybridized carbons (Fsp3) is 0.533. The van der Waals surface area contributed by atoms with Gasteiger partial charge in [0.15, 0.2) is 0 Å². The van der Waals surface area contributed by atoms with Gasteiger partial charge in [-0.25, -0.2) is 0 Å². The van der Waals surface area contributed by atoms with Crippen molar-refractivity contribution in [3.05, 3.63) is 24.3 Å². The molecule has 20 heavy (non-hydrogen) atoms. The van der Waals surface area contributed by atoms with Gasteiger partial charge in [-0.1, -0.05) is 0 Å². The lowest BCUT2D eigenvalue weighted by atomic mass is 10.3. The first-order valence-electron chi connectivity index (χ1n) is 7.04. The van der Waals surface area contributed by atoms with Crippen LogP contribution in [0.1, 0.15) is 19.8 Å². The molecule has 5 heteroatoms. The predicted molar refractivity (Wildman–Crippen MR) is 77.9 cm³/mol. The third-order valence-electron chi connectivity index (χ3n) is 3.28. The van der Waals surface area contributed by atoms with Crippen LogP contribution in [0.25, 0.3) is 0 Å². The lowest BCUT2D eigenvalue weighted by Crippen LogP contribution is -2.33. The van der Waals surface area contributed by atoms with Gasteiger partial charge < -0.3 is 20.1 Å². The first-order chi connectivity index (χ1) is 9.63. The highest BCUT2D eigenvalue weighted by atomic mass is 16.5. The number of nitrogens with zero attached hydrogens (tertiary/aromatic N) is 1. The van der Waals surface area contributed by atoms with E-state index in [9.17, 15) is 9.90 Å². The molecule has 2 rings (SSSR count). The van der Waals surface area contributed by atoms with Crippen LogP contribution in [0.2, 0.25) is 0 Å². The Morgan fingerprint density at radius 1 is 1.35 bits per heavy atom. The Balaban J connectivity index is 1.73. The highest BCUT2D eigenvalue weighted by Crippen LogP contribution is 2.16. The summed E-state index contributed by atoms with van der Waals surface area (Å²) in [5.41, 5.74) is 0.738. The van der Waals surface area contributed by atoms with Crippen LogP contribution >= 0.6 is 0 Å². The molecular formula is C15H22N2O3. The fourth-order valence-electron chi connectivity index (χ4n) is 2.35. The number of hydrogen-bond acceptors (Lipinski definition) is 4. The zero-order chi connectivity index (χ0) is 14.4. The van der Waals surface area contributed by atoms with Crippen molar-refractivity contribution < 1.29 is 14.6 Å². The Hall–Kier alpha value is -1.59. The smallest absolute Gasteiger partial charge is 0.221 e. The normalized spacial score (nSPS) is 16.9. The maximum Gasteiger partial charge on any atom is 0.221 e. The molecule has 1 heterocycles. The highest BCUT2D eigenvalue weighted by molar-refractivity contribution is 5.88. The molecule has 1 amide bonds. The van der Waals surface area contributed by atoms with Crippen LogP contribution in [0.15, 0.2) is 24.3 Å². The standard InChI is InChI=1S/C15H22N2O3/c1-12(18)16-13-4-6-15(7-5-13)20-11-14(19)10-17-8-2-3-9-17/h4-7,14,19H,2-3,8-11H2,1H3,(H,16,18). The zero-order valence-corrected chi connectivity index (χ0v) is 11.8. The van der Waals surface area contributed by atoms with Crippen LogP contribution in [0.5, 0.6) is 5.75 Å². The molecule has 1 atom stereocenters. The minimum Gasteiger partial charge on any atom is -0.491 e. The predicted octanol–water partition coefficient (Wildman–Crippen LogP) is 1.48. The van der Waals surface area contributed by atoms with E-state index in [1.54, 1.807) is 24.3 Å². The van der Waals surface area contributed by atoms with Gasteiger partial charge in [-0.2, -0.15) is 0 Å². The summed E-state index contributed by atoms with van der Waals surface area (Å²) < 4.78 is 5.55. The number of anilines is 1. The summed E-state index contributed by atoms with van der Waals surface area (Å²) in [4.78, 5) is 13.2. The molecule has 0 bridgehead atoms. The van der Waals surface area contributed by atoms with E-state index in [4.69, 9.17) is 4.74 Å². The Morgan fingerprint density at radius 2 is 2.00 bits per heavy atom. The molecule has 1 saturated heterocycles.